The minimum absolute atomic E-state index is 0.151. The minimum atomic E-state index is 0.151. The van der Waals surface area contributed by atoms with E-state index in [9.17, 15) is 0 Å². The topological polar surface area (TPSA) is 24.5 Å². The molecule has 2 heterocycles. The predicted octanol–water partition coefficient (Wildman–Crippen LogP) is 2.98. The van der Waals surface area contributed by atoms with Gasteiger partial charge in [0.2, 0.25) is 0 Å². The molecule has 0 saturated carbocycles. The van der Waals surface area contributed by atoms with Crippen molar-refractivity contribution in [1.29, 1.82) is 0 Å². The molecule has 0 radical (unpaired) electrons. The van der Waals surface area contributed by atoms with Crippen molar-refractivity contribution in [2.24, 2.45) is 0 Å². The molecular weight excluding hydrogens is 260 g/mol. The van der Waals surface area contributed by atoms with Crippen molar-refractivity contribution in [1.82, 2.24) is 10.2 Å². The van der Waals surface area contributed by atoms with Crippen molar-refractivity contribution in [3.8, 4) is 0 Å². The van der Waals surface area contributed by atoms with Gasteiger partial charge in [0.1, 0.15) is 0 Å². The molecule has 2 bridgehead atoms. The Hall–Kier alpha value is -0.900. The Labute approximate surface area is 128 Å². The standard InChI is InChI=1S/C18H28N2O/c1-18(2,3)19-11-17(14-7-5-4-6-8-14)20-12-15-9-10-16(13-20)21-15/h4-8,15-17,19H,9-13H2,1-3H3. The Morgan fingerprint density at radius 1 is 1.14 bits per heavy atom. The first-order chi connectivity index (χ1) is 10.0. The predicted molar refractivity (Wildman–Crippen MR) is 86.4 cm³/mol. The fraction of sp³-hybridized carbons (Fsp3) is 0.667. The molecule has 1 aromatic carbocycles. The molecule has 3 unspecified atom stereocenters. The van der Waals surface area contributed by atoms with E-state index < -0.39 is 0 Å². The zero-order chi connectivity index (χ0) is 14.9. The van der Waals surface area contributed by atoms with Gasteiger partial charge >= 0.3 is 0 Å². The number of benzene rings is 1. The molecule has 3 rings (SSSR count). The summed E-state index contributed by atoms with van der Waals surface area (Å²) in [6.45, 7) is 9.84. The number of fused-ring (bicyclic) bond motifs is 2. The van der Waals surface area contributed by atoms with Gasteiger partial charge in [0.25, 0.3) is 0 Å². The van der Waals surface area contributed by atoms with Crippen LogP contribution in [0.3, 0.4) is 0 Å². The second-order valence-corrected chi connectivity index (χ2v) is 7.47. The largest absolute Gasteiger partial charge is 0.372 e. The second kappa shape index (κ2) is 6.07. The summed E-state index contributed by atoms with van der Waals surface area (Å²) in [7, 11) is 0. The molecule has 2 saturated heterocycles. The summed E-state index contributed by atoms with van der Waals surface area (Å²) in [6.07, 6.45) is 3.36. The van der Waals surface area contributed by atoms with Crippen LogP contribution in [0.4, 0.5) is 0 Å². The number of morpholine rings is 1. The summed E-state index contributed by atoms with van der Waals surface area (Å²) in [6, 6.07) is 11.3. The van der Waals surface area contributed by atoms with Gasteiger partial charge in [-0.25, -0.2) is 0 Å². The van der Waals surface area contributed by atoms with Crippen molar-refractivity contribution >= 4 is 0 Å². The number of rotatable bonds is 4. The fourth-order valence-electron chi connectivity index (χ4n) is 3.44. The van der Waals surface area contributed by atoms with Crippen LogP contribution in [0.5, 0.6) is 0 Å². The highest BCUT2D eigenvalue weighted by molar-refractivity contribution is 5.20. The van der Waals surface area contributed by atoms with E-state index in [-0.39, 0.29) is 5.54 Å². The Bertz CT molecular complexity index is 442. The van der Waals surface area contributed by atoms with Crippen molar-refractivity contribution in [2.45, 2.75) is 57.4 Å². The highest BCUT2D eigenvalue weighted by Crippen LogP contribution is 2.31. The molecule has 3 heteroatoms. The van der Waals surface area contributed by atoms with Gasteiger partial charge in [-0.3, -0.25) is 4.90 Å². The number of hydrogen-bond donors (Lipinski definition) is 1. The average Bonchev–Trinajstić information content (AvgIpc) is 2.78. The third kappa shape index (κ3) is 3.85. The monoisotopic (exact) mass is 288 g/mol. The van der Waals surface area contributed by atoms with Gasteiger partial charge in [-0.15, -0.1) is 0 Å². The average molecular weight is 288 g/mol. The first-order valence-electron chi connectivity index (χ1n) is 8.21. The smallest absolute Gasteiger partial charge is 0.0707 e. The van der Waals surface area contributed by atoms with Gasteiger partial charge in [0.05, 0.1) is 12.2 Å². The molecule has 2 fully saturated rings. The van der Waals surface area contributed by atoms with Crippen LogP contribution in [0.2, 0.25) is 0 Å². The van der Waals surface area contributed by atoms with E-state index in [0.717, 1.165) is 19.6 Å². The highest BCUT2D eigenvalue weighted by Gasteiger charge is 2.37. The molecule has 0 amide bonds. The van der Waals surface area contributed by atoms with Gasteiger partial charge in [-0.2, -0.15) is 0 Å². The summed E-state index contributed by atoms with van der Waals surface area (Å²) in [5.41, 5.74) is 1.56. The van der Waals surface area contributed by atoms with Crippen molar-refractivity contribution in [2.75, 3.05) is 19.6 Å². The van der Waals surface area contributed by atoms with Crippen molar-refractivity contribution < 1.29 is 4.74 Å². The lowest BCUT2D eigenvalue weighted by Gasteiger charge is -2.39. The third-order valence-electron chi connectivity index (χ3n) is 4.52. The summed E-state index contributed by atoms with van der Waals surface area (Å²) >= 11 is 0. The molecule has 116 valence electrons. The van der Waals surface area contributed by atoms with Crippen LogP contribution in [-0.2, 0) is 4.74 Å². The molecule has 2 aliphatic rings. The summed E-state index contributed by atoms with van der Waals surface area (Å²) < 4.78 is 6.00. The zero-order valence-electron chi connectivity index (χ0n) is 13.5. The van der Waals surface area contributed by atoms with Crippen LogP contribution in [-0.4, -0.2) is 42.3 Å². The lowest BCUT2D eigenvalue weighted by atomic mass is 10.0. The van der Waals surface area contributed by atoms with Crippen LogP contribution in [0.1, 0.15) is 45.2 Å². The molecule has 21 heavy (non-hydrogen) atoms. The molecule has 0 spiro atoms. The zero-order valence-corrected chi connectivity index (χ0v) is 13.5. The van der Waals surface area contributed by atoms with Gasteiger partial charge in [-0.1, -0.05) is 30.3 Å². The fourth-order valence-corrected chi connectivity index (χ4v) is 3.44. The molecular formula is C18H28N2O. The minimum Gasteiger partial charge on any atom is -0.372 e. The van der Waals surface area contributed by atoms with Crippen molar-refractivity contribution in [3.05, 3.63) is 35.9 Å². The molecule has 1 aromatic rings. The SMILES string of the molecule is CC(C)(C)NCC(c1ccccc1)N1CC2CCC(C1)O2. The Kier molecular flexibility index (Phi) is 4.34. The number of nitrogens with zero attached hydrogens (tertiary/aromatic N) is 1. The Morgan fingerprint density at radius 3 is 2.33 bits per heavy atom. The summed E-state index contributed by atoms with van der Waals surface area (Å²) in [5, 5.41) is 3.69. The first kappa shape index (κ1) is 15.0. The van der Waals surface area contributed by atoms with E-state index in [1.54, 1.807) is 0 Å². The van der Waals surface area contributed by atoms with Gasteiger partial charge < -0.3 is 10.1 Å². The maximum atomic E-state index is 6.00. The second-order valence-electron chi connectivity index (χ2n) is 7.47. The molecule has 1 N–H and O–H groups in total. The maximum Gasteiger partial charge on any atom is 0.0707 e. The summed E-state index contributed by atoms with van der Waals surface area (Å²) in [5.74, 6) is 0. The van der Waals surface area contributed by atoms with E-state index in [1.165, 1.54) is 18.4 Å². The number of likely N-dealkylation sites (tertiary alicyclic amines) is 1. The molecule has 2 aliphatic heterocycles. The number of nitrogens with one attached hydrogen (secondary N) is 1. The van der Waals surface area contributed by atoms with Crippen LogP contribution in [0.25, 0.3) is 0 Å². The lowest BCUT2D eigenvalue weighted by Crippen LogP contribution is -2.49. The normalized spacial score (nSPS) is 27.8. The van der Waals surface area contributed by atoms with Crippen LogP contribution in [0, 0.1) is 0 Å². The summed E-state index contributed by atoms with van der Waals surface area (Å²) in [4.78, 5) is 2.62. The van der Waals surface area contributed by atoms with Gasteiger partial charge in [-0.05, 0) is 39.2 Å². The molecule has 0 aromatic heterocycles. The Morgan fingerprint density at radius 2 is 1.76 bits per heavy atom. The first-order valence-corrected chi connectivity index (χ1v) is 8.21. The van der Waals surface area contributed by atoms with E-state index in [4.69, 9.17) is 4.74 Å². The molecule has 0 aliphatic carbocycles. The van der Waals surface area contributed by atoms with Gasteiger partial charge in [0.15, 0.2) is 0 Å². The Balaban J connectivity index is 1.75. The number of hydrogen-bond acceptors (Lipinski definition) is 3. The van der Waals surface area contributed by atoms with Crippen LogP contribution < -0.4 is 5.32 Å². The van der Waals surface area contributed by atoms with Crippen LogP contribution in [0.15, 0.2) is 30.3 Å². The highest BCUT2D eigenvalue weighted by atomic mass is 16.5. The van der Waals surface area contributed by atoms with Crippen molar-refractivity contribution in [3.63, 3.8) is 0 Å². The molecule has 3 nitrogen and oxygen atoms in total. The lowest BCUT2D eigenvalue weighted by molar-refractivity contribution is -0.0536. The number of ether oxygens (including phenoxy) is 1. The maximum absolute atomic E-state index is 6.00. The third-order valence-corrected chi connectivity index (χ3v) is 4.52. The van der Waals surface area contributed by atoms with E-state index in [0.29, 0.717) is 18.2 Å². The van der Waals surface area contributed by atoms with E-state index in [2.05, 4.69) is 61.3 Å². The van der Waals surface area contributed by atoms with E-state index >= 15 is 0 Å². The van der Waals surface area contributed by atoms with Gasteiger partial charge in [0, 0.05) is 31.2 Å². The van der Waals surface area contributed by atoms with E-state index in [1.807, 2.05) is 0 Å². The molecule has 3 atom stereocenters. The quantitative estimate of drug-likeness (QED) is 0.922. The van der Waals surface area contributed by atoms with Crippen LogP contribution >= 0.6 is 0 Å².